The minimum absolute atomic E-state index is 0.0463. The number of carbonyl (C=O) groups is 2. The molecule has 1 saturated heterocycles. The number of carboxylic acid groups (broad SMARTS) is 1. The zero-order valence-corrected chi connectivity index (χ0v) is 23.1. The van der Waals surface area contributed by atoms with Gasteiger partial charge in [-0.05, 0) is 85.4 Å². The van der Waals surface area contributed by atoms with E-state index in [0.717, 1.165) is 16.9 Å². The average Bonchev–Trinajstić information content (AvgIpc) is 3.55. The monoisotopic (exact) mass is 576 g/mol. The Morgan fingerprint density at radius 3 is 2.70 bits per heavy atom. The minimum Gasteiger partial charge on any atom is -0.478 e. The van der Waals surface area contributed by atoms with Crippen molar-refractivity contribution in [3.8, 4) is 11.3 Å². The van der Waals surface area contributed by atoms with Crippen LogP contribution in [0.4, 0.5) is 11.4 Å². The second-order valence-electron chi connectivity index (χ2n) is 9.18. The van der Waals surface area contributed by atoms with E-state index in [4.69, 9.17) is 33.0 Å². The fraction of sp³-hybridized carbons (Fsp3) is 0.172. The summed E-state index contributed by atoms with van der Waals surface area (Å²) < 4.78 is 11.2. The highest BCUT2D eigenvalue weighted by Gasteiger charge is 2.42. The Morgan fingerprint density at radius 2 is 2.00 bits per heavy atom. The first-order valence-electron chi connectivity index (χ1n) is 12.3. The number of benzene rings is 2. The summed E-state index contributed by atoms with van der Waals surface area (Å²) >= 11 is 12.2. The van der Waals surface area contributed by atoms with Crippen molar-refractivity contribution in [2.75, 3.05) is 23.9 Å². The van der Waals surface area contributed by atoms with Crippen LogP contribution < -0.4 is 15.5 Å². The van der Waals surface area contributed by atoms with Gasteiger partial charge in [-0.2, -0.15) is 0 Å². The molecule has 11 heteroatoms. The first-order valence-corrected chi connectivity index (χ1v) is 13.1. The molecule has 9 nitrogen and oxygen atoms in total. The number of ether oxygens (including phenoxy) is 1. The van der Waals surface area contributed by atoms with Crippen LogP contribution in [0.2, 0.25) is 5.02 Å². The van der Waals surface area contributed by atoms with E-state index in [-0.39, 0.29) is 24.1 Å². The maximum absolute atomic E-state index is 12.1. The number of methoxy groups -OCH3 is 1. The highest BCUT2D eigenvalue weighted by molar-refractivity contribution is 7.80. The Balaban J connectivity index is 1.56. The van der Waals surface area contributed by atoms with Gasteiger partial charge >= 0.3 is 5.97 Å². The van der Waals surface area contributed by atoms with E-state index in [1.54, 1.807) is 12.3 Å². The van der Waals surface area contributed by atoms with Crippen LogP contribution in [-0.4, -0.2) is 40.8 Å². The number of rotatable bonds is 8. The number of aromatic nitrogens is 1. The molecular weight excluding hydrogens is 552 g/mol. The molecule has 0 aliphatic carbocycles. The number of halogens is 1. The molecule has 1 amide bonds. The number of aromatic carboxylic acids is 1. The Bertz CT molecular complexity index is 1590. The van der Waals surface area contributed by atoms with Crippen LogP contribution in [0, 0.1) is 6.92 Å². The lowest BCUT2D eigenvalue weighted by Gasteiger charge is -2.27. The number of aryl methyl sites for hydroxylation is 1. The second-order valence-corrected chi connectivity index (χ2v) is 9.97. The first-order chi connectivity index (χ1) is 19.3. The molecule has 3 heterocycles. The largest absolute Gasteiger partial charge is 0.478 e. The van der Waals surface area contributed by atoms with E-state index in [9.17, 15) is 14.7 Å². The number of amides is 1. The SMILES string of the molecule is COCC(=O)Nc1ccc(N2C(=S)N[C@H](c3ccccn3)[C@@H]2c2ccc(-c3cc(C(=O)O)ccc3Cl)o2)cc1C. The van der Waals surface area contributed by atoms with Crippen molar-refractivity contribution < 1.29 is 23.8 Å². The van der Waals surface area contributed by atoms with Crippen molar-refractivity contribution in [2.24, 2.45) is 0 Å². The normalized spacial score (nSPS) is 16.6. The standard InChI is InChI=1S/C29H25ClN4O5S/c1-16-13-18(7-9-21(16)32-25(35)15-38-2)34-27(26(33-29(34)40)22-5-3-4-12-31-22)24-11-10-23(39-24)19-14-17(28(36)37)6-8-20(19)30/h3-14,26-27H,15H2,1-2H3,(H,32,35)(H,33,40)(H,36,37)/t26-,27+/m1/s1. The molecule has 2 aromatic carbocycles. The zero-order valence-electron chi connectivity index (χ0n) is 21.6. The van der Waals surface area contributed by atoms with Gasteiger partial charge in [-0.25, -0.2) is 4.79 Å². The Labute approximate surface area is 240 Å². The summed E-state index contributed by atoms with van der Waals surface area (Å²) in [6, 6.07) is 18.5. The number of hydrogen-bond acceptors (Lipinski definition) is 6. The third-order valence-corrected chi connectivity index (χ3v) is 7.18. The van der Waals surface area contributed by atoms with Crippen molar-refractivity contribution in [1.29, 1.82) is 0 Å². The van der Waals surface area contributed by atoms with E-state index in [2.05, 4.69) is 15.6 Å². The van der Waals surface area contributed by atoms with Crippen LogP contribution in [0.25, 0.3) is 11.3 Å². The number of nitrogens with one attached hydrogen (secondary N) is 2. The molecule has 1 aliphatic rings. The molecule has 4 aromatic rings. The van der Waals surface area contributed by atoms with Crippen LogP contribution in [-0.2, 0) is 9.53 Å². The third-order valence-electron chi connectivity index (χ3n) is 6.53. The zero-order chi connectivity index (χ0) is 28.4. The number of anilines is 2. The highest BCUT2D eigenvalue weighted by atomic mass is 35.5. The Morgan fingerprint density at radius 1 is 1.18 bits per heavy atom. The predicted octanol–water partition coefficient (Wildman–Crippen LogP) is 5.76. The Hall–Kier alpha value is -4.25. The van der Waals surface area contributed by atoms with E-state index < -0.39 is 12.0 Å². The quantitative estimate of drug-likeness (QED) is 0.225. The van der Waals surface area contributed by atoms with E-state index in [1.165, 1.54) is 25.3 Å². The number of carbonyl (C=O) groups excluding carboxylic acids is 1. The number of pyridine rings is 1. The molecule has 0 unspecified atom stereocenters. The van der Waals surface area contributed by atoms with Crippen molar-refractivity contribution in [1.82, 2.24) is 10.3 Å². The van der Waals surface area contributed by atoms with Gasteiger partial charge in [-0.3, -0.25) is 9.78 Å². The molecule has 2 atom stereocenters. The maximum Gasteiger partial charge on any atom is 0.335 e. The molecule has 3 N–H and O–H groups in total. The van der Waals surface area contributed by atoms with E-state index in [1.807, 2.05) is 54.3 Å². The summed E-state index contributed by atoms with van der Waals surface area (Å²) in [6.45, 7) is 1.85. The van der Waals surface area contributed by atoms with Crippen molar-refractivity contribution in [2.45, 2.75) is 19.0 Å². The number of thiocarbonyl (C=S) groups is 1. The smallest absolute Gasteiger partial charge is 0.335 e. The number of nitrogens with zero attached hydrogens (tertiary/aromatic N) is 2. The van der Waals surface area contributed by atoms with Crippen molar-refractivity contribution >= 4 is 52.2 Å². The van der Waals surface area contributed by atoms with Crippen LogP contribution >= 0.6 is 23.8 Å². The summed E-state index contributed by atoms with van der Waals surface area (Å²) in [5.74, 6) is -0.315. The molecule has 0 saturated carbocycles. The topological polar surface area (TPSA) is 117 Å². The van der Waals surface area contributed by atoms with Gasteiger partial charge in [0.2, 0.25) is 5.91 Å². The summed E-state index contributed by atoms with van der Waals surface area (Å²) in [7, 11) is 1.46. The summed E-state index contributed by atoms with van der Waals surface area (Å²) in [6.07, 6.45) is 1.71. The fourth-order valence-corrected chi connectivity index (χ4v) is 5.24. The summed E-state index contributed by atoms with van der Waals surface area (Å²) in [4.78, 5) is 30.1. The average molecular weight is 577 g/mol. The molecule has 0 radical (unpaired) electrons. The van der Waals surface area contributed by atoms with Gasteiger partial charge in [0.25, 0.3) is 0 Å². The molecule has 0 spiro atoms. The number of furan rings is 1. The predicted molar refractivity (Wildman–Crippen MR) is 156 cm³/mol. The van der Waals surface area contributed by atoms with Crippen LogP contribution in [0.1, 0.15) is 39.5 Å². The van der Waals surface area contributed by atoms with Gasteiger partial charge in [0.1, 0.15) is 24.2 Å². The molecule has 0 bridgehead atoms. The highest BCUT2D eigenvalue weighted by Crippen LogP contribution is 2.44. The molecule has 5 rings (SSSR count). The maximum atomic E-state index is 12.1. The van der Waals surface area contributed by atoms with E-state index >= 15 is 0 Å². The lowest BCUT2D eigenvalue weighted by atomic mass is 10.0. The first kappa shape index (κ1) is 27.3. The van der Waals surface area contributed by atoms with E-state index in [0.29, 0.717) is 32.9 Å². The fourth-order valence-electron chi connectivity index (χ4n) is 4.68. The van der Waals surface area contributed by atoms with Crippen molar-refractivity contribution in [3.63, 3.8) is 0 Å². The van der Waals surface area contributed by atoms with Gasteiger partial charge < -0.3 is 29.8 Å². The van der Waals surface area contributed by atoms with Crippen LogP contribution in [0.5, 0.6) is 0 Å². The molecule has 1 fully saturated rings. The third kappa shape index (κ3) is 5.42. The van der Waals surface area contributed by atoms with Gasteiger partial charge in [0.05, 0.1) is 22.3 Å². The summed E-state index contributed by atoms with van der Waals surface area (Å²) in [5, 5.41) is 16.5. The number of carboxylic acids is 1. The van der Waals surface area contributed by atoms with Crippen molar-refractivity contribution in [3.05, 3.63) is 101 Å². The van der Waals surface area contributed by atoms with Gasteiger partial charge in [-0.1, -0.05) is 17.7 Å². The number of hydrogen-bond donors (Lipinski definition) is 3. The van der Waals surface area contributed by atoms with Gasteiger partial charge in [0.15, 0.2) is 5.11 Å². The molecule has 1 aliphatic heterocycles. The molecule has 40 heavy (non-hydrogen) atoms. The van der Waals surface area contributed by atoms with Gasteiger partial charge in [-0.15, -0.1) is 0 Å². The molecule has 204 valence electrons. The lowest BCUT2D eigenvalue weighted by Crippen LogP contribution is -2.29. The molecule has 2 aromatic heterocycles. The Kier molecular flexibility index (Phi) is 7.83. The van der Waals surface area contributed by atoms with Gasteiger partial charge in [0, 0.05) is 30.2 Å². The second kappa shape index (κ2) is 11.5. The van der Waals surface area contributed by atoms with Crippen LogP contribution in [0.15, 0.2) is 77.3 Å². The minimum atomic E-state index is -1.06. The summed E-state index contributed by atoms with van der Waals surface area (Å²) in [5.41, 5.74) is 3.61. The van der Waals surface area contributed by atoms with Crippen LogP contribution in [0.3, 0.4) is 0 Å². The lowest BCUT2D eigenvalue weighted by molar-refractivity contribution is -0.119. The molecular formula is C29H25ClN4O5S.